The Morgan fingerprint density at radius 1 is 1.43 bits per heavy atom. The van der Waals surface area contributed by atoms with E-state index in [1.54, 1.807) is 12.3 Å². The van der Waals surface area contributed by atoms with Gasteiger partial charge in [-0.05, 0) is 4.67 Å². The Bertz CT molecular complexity index is 104. The molecule has 0 radical (unpaired) electrons. The number of hydrogen-bond donors (Lipinski definition) is 0. The van der Waals surface area contributed by atoms with Crippen LogP contribution in [-0.2, 0) is 0 Å². The molecule has 0 amide bonds. The molecule has 0 N–H and O–H groups in total. The van der Waals surface area contributed by atoms with Crippen LogP contribution in [0.5, 0.6) is 0 Å². The molecule has 0 saturated heterocycles. The van der Waals surface area contributed by atoms with Crippen LogP contribution in [0.25, 0.3) is 0 Å². The third-order valence-corrected chi connectivity index (χ3v) is 0.364. The summed E-state index contributed by atoms with van der Waals surface area (Å²) in [4.78, 5) is 0. The summed E-state index contributed by atoms with van der Waals surface area (Å²) in [5, 5.41) is 0. The summed E-state index contributed by atoms with van der Waals surface area (Å²) in [7, 11) is 0. The van der Waals surface area contributed by atoms with Gasteiger partial charge in [0.15, 0.2) is 0 Å². The normalized spacial score (nSPS) is 5.57. The predicted molar refractivity (Wildman–Crippen MR) is 33.3 cm³/mol. The second-order valence-electron chi connectivity index (χ2n) is 0.875. The second-order valence-corrected chi connectivity index (χ2v) is 0.875. The van der Waals surface area contributed by atoms with Crippen LogP contribution in [0.15, 0.2) is 18.7 Å². The summed E-state index contributed by atoms with van der Waals surface area (Å²) in [6.45, 7) is 8.35. The van der Waals surface area contributed by atoms with Crippen LogP contribution in [0, 0.1) is 6.58 Å². The Labute approximate surface area is 43.4 Å². The number of hydrogen-bond acceptors (Lipinski definition) is 0. The zero-order chi connectivity index (χ0) is 5.54. The summed E-state index contributed by atoms with van der Waals surface area (Å²) < 4.78 is 3.66. The summed E-state index contributed by atoms with van der Waals surface area (Å²) in [6.07, 6.45) is 5.99. The maximum atomic E-state index is 4.94. The van der Waals surface area contributed by atoms with Gasteiger partial charge in [-0.25, -0.2) is 0 Å². The fourth-order valence-electron chi connectivity index (χ4n) is 0.160. The maximum Gasteiger partial charge on any atom is 0.427 e. The Morgan fingerprint density at radius 3 is 2.57 bits per heavy atom. The van der Waals surface area contributed by atoms with E-state index in [1.165, 1.54) is 12.3 Å². The van der Waals surface area contributed by atoms with Gasteiger partial charge in [-0.3, -0.25) is 0 Å². The third kappa shape index (κ3) is 4.84. The fourth-order valence-corrected chi connectivity index (χ4v) is 0.160. The molecule has 0 spiro atoms. The lowest BCUT2D eigenvalue weighted by Gasteiger charge is -1.34. The molecule has 0 aliphatic carbocycles. The van der Waals surface area contributed by atoms with Crippen LogP contribution >= 0.6 is 0 Å². The minimum Gasteiger partial charge on any atom is -0.0918 e. The van der Waals surface area contributed by atoms with E-state index in [0.29, 0.717) is 0 Å². The molecule has 1 nitrogen and oxygen atoms in total. The maximum absolute atomic E-state index is 4.94. The van der Waals surface area contributed by atoms with Crippen molar-refractivity contribution in [3.8, 4) is 0 Å². The highest BCUT2D eigenvalue weighted by atomic mass is 14.5. The Hall–Kier alpha value is -1.16. The van der Waals surface area contributed by atoms with Gasteiger partial charge in [-0.2, -0.15) is 0 Å². The lowest BCUT2D eigenvalue weighted by molar-refractivity contribution is 1.75. The molecule has 0 aromatic carbocycles. The molecule has 0 atom stereocenters. The average Bonchev–Trinajstić information content (AvgIpc) is 1.69. The highest BCUT2D eigenvalue weighted by Crippen LogP contribution is 1.41. The Kier molecular flexibility index (Phi) is 4.04. The Morgan fingerprint density at radius 2 is 2.14 bits per heavy atom. The highest BCUT2D eigenvalue weighted by molar-refractivity contribution is 5.77. The molecule has 0 bridgehead atoms. The van der Waals surface area contributed by atoms with E-state index < -0.39 is 0 Å². The van der Waals surface area contributed by atoms with Gasteiger partial charge >= 0.3 is 12.4 Å². The van der Waals surface area contributed by atoms with Gasteiger partial charge in [-0.15, -0.1) is 0 Å². The lowest BCUT2D eigenvalue weighted by atomic mass is 10.7. The third-order valence-electron chi connectivity index (χ3n) is 0.364. The largest absolute Gasteiger partial charge is 0.427 e. The molecule has 0 rings (SSSR count). The van der Waals surface area contributed by atoms with Crippen molar-refractivity contribution in [3.63, 3.8) is 0 Å². The predicted octanol–water partition coefficient (Wildman–Crippen LogP) is 0.370. The van der Waals surface area contributed by atoms with Gasteiger partial charge in [-0.1, -0.05) is 6.58 Å². The van der Waals surface area contributed by atoms with Crippen molar-refractivity contribution in [3.05, 3.63) is 25.3 Å². The molecule has 0 saturated carbocycles. The van der Waals surface area contributed by atoms with Crippen molar-refractivity contribution in [2.45, 2.75) is 0 Å². The minimum absolute atomic E-state index is 1.36. The van der Waals surface area contributed by atoms with Crippen molar-refractivity contribution in [1.29, 1.82) is 0 Å². The van der Waals surface area contributed by atoms with E-state index >= 15 is 0 Å². The quantitative estimate of drug-likeness (QED) is 0.266. The smallest absolute Gasteiger partial charge is 0.0918 e. The molecule has 0 aliphatic rings. The standard InChI is InChI=1S/C6H7N/c1-3-5-7-6-4-2/h1,3-6H,2H2/q+2. The van der Waals surface area contributed by atoms with E-state index in [-0.39, 0.29) is 0 Å². The van der Waals surface area contributed by atoms with Gasteiger partial charge in [0.2, 0.25) is 6.08 Å². The monoisotopic (exact) mass is 93.1 g/mol. The molecule has 0 aliphatic heterocycles. The summed E-state index contributed by atoms with van der Waals surface area (Å²) >= 11 is 0. The molecule has 0 heterocycles. The molecular weight excluding hydrogens is 86.1 g/mol. The summed E-state index contributed by atoms with van der Waals surface area (Å²) in [5.74, 6) is 0. The molecular formula is C6H7N+2. The zero-order valence-electron chi connectivity index (χ0n) is 4.04. The first-order chi connectivity index (χ1) is 3.41. The number of allylic oxidation sites excluding steroid dienone is 2. The van der Waals surface area contributed by atoms with Crippen LogP contribution < -0.4 is 4.67 Å². The van der Waals surface area contributed by atoms with Crippen LogP contribution in [-0.4, -0.2) is 12.4 Å². The van der Waals surface area contributed by atoms with Gasteiger partial charge in [0.1, 0.15) is 0 Å². The van der Waals surface area contributed by atoms with Crippen LogP contribution in [0.2, 0.25) is 0 Å². The van der Waals surface area contributed by atoms with Crippen LogP contribution in [0.3, 0.4) is 0 Å². The van der Waals surface area contributed by atoms with E-state index in [4.69, 9.17) is 6.58 Å². The van der Waals surface area contributed by atoms with Crippen molar-refractivity contribution in [1.82, 2.24) is 4.67 Å². The molecule has 0 fully saturated rings. The van der Waals surface area contributed by atoms with Gasteiger partial charge in [0.05, 0.1) is 6.58 Å². The minimum atomic E-state index is 1.36. The lowest BCUT2D eigenvalue weighted by Crippen LogP contribution is -1.71. The summed E-state index contributed by atoms with van der Waals surface area (Å²) in [5.41, 5.74) is 0. The van der Waals surface area contributed by atoms with E-state index in [2.05, 4.69) is 11.2 Å². The van der Waals surface area contributed by atoms with E-state index in [9.17, 15) is 0 Å². The summed E-state index contributed by atoms with van der Waals surface area (Å²) in [6, 6.07) is 0. The van der Waals surface area contributed by atoms with Crippen molar-refractivity contribution in [2.24, 2.45) is 0 Å². The first-order valence-electron chi connectivity index (χ1n) is 1.92. The SMILES string of the molecule is [CH+]=CC=[N+]=CC=C. The number of nitrogens with zero attached hydrogens (tertiary/aromatic N) is 1. The number of rotatable bonds is 2. The topological polar surface area (TPSA) is 14.1 Å². The molecule has 0 aromatic heterocycles. The van der Waals surface area contributed by atoms with Crippen LogP contribution in [0.1, 0.15) is 0 Å². The van der Waals surface area contributed by atoms with Crippen LogP contribution in [0.4, 0.5) is 0 Å². The first kappa shape index (κ1) is 5.84. The molecule has 1 heteroatoms. The fraction of sp³-hybridized carbons (Fsp3) is 0. The highest BCUT2D eigenvalue weighted by Gasteiger charge is 1.74. The van der Waals surface area contributed by atoms with E-state index in [0.717, 1.165) is 0 Å². The van der Waals surface area contributed by atoms with Crippen molar-refractivity contribution >= 4 is 12.4 Å². The average molecular weight is 93.1 g/mol. The van der Waals surface area contributed by atoms with E-state index in [1.807, 2.05) is 0 Å². The molecule has 34 valence electrons. The van der Waals surface area contributed by atoms with Gasteiger partial charge in [0, 0.05) is 6.08 Å². The first-order valence-corrected chi connectivity index (χ1v) is 1.92. The Balaban J connectivity index is 3.61. The molecule has 7 heavy (non-hydrogen) atoms. The zero-order valence-corrected chi connectivity index (χ0v) is 4.04. The van der Waals surface area contributed by atoms with Gasteiger partial charge < -0.3 is 0 Å². The second kappa shape index (κ2) is 4.84. The van der Waals surface area contributed by atoms with Crippen molar-refractivity contribution < 1.29 is 0 Å². The van der Waals surface area contributed by atoms with Crippen molar-refractivity contribution in [2.75, 3.05) is 0 Å². The van der Waals surface area contributed by atoms with Gasteiger partial charge in [0.25, 0.3) is 0 Å². The molecule has 0 unspecified atom stereocenters. The molecule has 0 aromatic rings.